The molecular formula is C20H38O3P6. The molecule has 0 saturated heterocycles. The van der Waals surface area contributed by atoms with Crippen molar-refractivity contribution < 1.29 is 13.6 Å². The molecule has 9 heteroatoms. The minimum absolute atomic E-state index is 0.0712. The Labute approximate surface area is 190 Å². The summed E-state index contributed by atoms with van der Waals surface area (Å²) in [6.07, 6.45) is 26.3. The fraction of sp³-hybridized carbons (Fsp3) is 0.500. The van der Waals surface area contributed by atoms with Gasteiger partial charge in [-0.05, 0) is 19.3 Å². The Bertz CT molecular complexity index is 520. The van der Waals surface area contributed by atoms with Crippen LogP contribution in [0.15, 0.2) is 60.8 Å². The van der Waals surface area contributed by atoms with E-state index in [0.29, 0.717) is 8.50 Å². The largest absolute Gasteiger partial charge is 0.358 e. The number of hydrogen-bond acceptors (Lipinski definition) is 3. The van der Waals surface area contributed by atoms with Crippen molar-refractivity contribution in [1.82, 2.24) is 0 Å². The van der Waals surface area contributed by atoms with E-state index in [1.807, 2.05) is 24.3 Å². The SMILES string of the molecule is CCCCC(C=CC=CC=CC(CC=CC=CC(CC)OP(P)P)OPP)OP. The van der Waals surface area contributed by atoms with Gasteiger partial charge >= 0.3 is 0 Å². The van der Waals surface area contributed by atoms with Crippen LogP contribution < -0.4 is 0 Å². The molecule has 0 N–H and O–H groups in total. The quantitative estimate of drug-likeness (QED) is 0.146. The zero-order valence-corrected chi connectivity index (χ0v) is 24.0. The van der Waals surface area contributed by atoms with Crippen molar-refractivity contribution in [1.29, 1.82) is 0 Å². The van der Waals surface area contributed by atoms with Crippen LogP contribution in [0.5, 0.6) is 0 Å². The summed E-state index contributed by atoms with van der Waals surface area (Å²) >= 11 is 0. The second-order valence-corrected chi connectivity index (χ2v) is 13.4. The highest BCUT2D eigenvalue weighted by Gasteiger charge is 2.04. The molecule has 0 fully saturated rings. The highest BCUT2D eigenvalue weighted by Crippen LogP contribution is 2.54. The summed E-state index contributed by atoms with van der Waals surface area (Å²) in [5, 5.41) is 0. The Hall–Kier alpha value is 1.16. The van der Waals surface area contributed by atoms with Crippen molar-refractivity contribution in [3.8, 4) is 0 Å². The number of rotatable bonds is 17. The lowest BCUT2D eigenvalue weighted by Gasteiger charge is -2.13. The van der Waals surface area contributed by atoms with Crippen molar-refractivity contribution in [3.63, 3.8) is 0 Å². The first-order chi connectivity index (χ1) is 14.1. The zero-order valence-electron chi connectivity index (χ0n) is 17.5. The van der Waals surface area contributed by atoms with Gasteiger partial charge in [0.15, 0.2) is 0 Å². The normalized spacial score (nSPS) is 16.8. The summed E-state index contributed by atoms with van der Waals surface area (Å²) in [6.45, 7) is 4.32. The molecule has 0 aromatic carbocycles. The molecule has 0 amide bonds. The van der Waals surface area contributed by atoms with E-state index < -0.39 is 7.53 Å². The molecule has 0 aliphatic carbocycles. The Morgan fingerprint density at radius 2 is 1.52 bits per heavy atom. The summed E-state index contributed by atoms with van der Waals surface area (Å²) in [5.74, 6) is 0. The molecule has 0 aromatic heterocycles. The van der Waals surface area contributed by atoms with Gasteiger partial charge in [0, 0.05) is 18.0 Å². The van der Waals surface area contributed by atoms with Gasteiger partial charge in [-0.25, -0.2) is 0 Å². The predicted molar refractivity (Wildman–Crippen MR) is 149 cm³/mol. The maximum atomic E-state index is 5.80. The highest BCUT2D eigenvalue weighted by molar-refractivity contribution is 8.41. The summed E-state index contributed by atoms with van der Waals surface area (Å²) in [5.41, 5.74) is 0. The van der Waals surface area contributed by atoms with Gasteiger partial charge in [0.2, 0.25) is 0 Å². The van der Waals surface area contributed by atoms with Crippen LogP contribution in [-0.4, -0.2) is 18.3 Å². The van der Waals surface area contributed by atoms with Gasteiger partial charge in [-0.2, -0.15) is 0 Å². The van der Waals surface area contributed by atoms with E-state index in [9.17, 15) is 0 Å². The standard InChI is InChI=1S/C20H38O3P6/c1-3-5-13-19(21-24)15-9-6-7-10-16-20(22-28-25)17-12-8-11-14-18(4-2)23-29(26)27/h6-12,14-16,18-20,28H,3-5,13,17,24-27H2,1-2H3. The molecule has 8 atom stereocenters. The zero-order chi connectivity index (χ0) is 21.7. The Kier molecular flexibility index (Phi) is 23.3. The van der Waals surface area contributed by atoms with Gasteiger partial charge in [0.1, 0.15) is 0 Å². The molecule has 0 rings (SSSR count). The first kappa shape index (κ1) is 30.2. The van der Waals surface area contributed by atoms with E-state index in [0.717, 1.165) is 19.3 Å². The average molecular weight is 512 g/mol. The monoisotopic (exact) mass is 512 g/mol. The van der Waals surface area contributed by atoms with E-state index >= 15 is 0 Å². The number of hydrogen-bond donors (Lipinski definition) is 0. The van der Waals surface area contributed by atoms with E-state index in [4.69, 9.17) is 13.6 Å². The Morgan fingerprint density at radius 3 is 2.07 bits per heavy atom. The van der Waals surface area contributed by atoms with Crippen LogP contribution in [0.2, 0.25) is 0 Å². The predicted octanol–water partition coefficient (Wildman–Crippen LogP) is 8.06. The third-order valence-electron chi connectivity index (χ3n) is 3.82. The van der Waals surface area contributed by atoms with Gasteiger partial charge in [0.05, 0.1) is 25.8 Å². The second kappa shape index (κ2) is 22.4. The van der Waals surface area contributed by atoms with Gasteiger partial charge in [-0.3, -0.25) is 0 Å². The van der Waals surface area contributed by atoms with Crippen LogP contribution in [0.25, 0.3) is 0 Å². The fourth-order valence-electron chi connectivity index (χ4n) is 2.25. The number of unbranched alkanes of at least 4 members (excludes halogenated alkanes) is 1. The van der Waals surface area contributed by atoms with Gasteiger partial charge < -0.3 is 13.6 Å². The van der Waals surface area contributed by atoms with E-state index in [1.54, 1.807) is 0 Å². The van der Waals surface area contributed by atoms with Crippen LogP contribution in [0.4, 0.5) is 0 Å². The summed E-state index contributed by atoms with van der Waals surface area (Å²) in [4.78, 5) is 0. The molecule has 0 aromatic rings. The molecule has 0 aliphatic rings. The minimum atomic E-state index is -0.497. The molecule has 0 radical (unpaired) electrons. The molecule has 3 nitrogen and oxygen atoms in total. The van der Waals surface area contributed by atoms with Crippen molar-refractivity contribution in [2.45, 2.75) is 64.3 Å². The van der Waals surface area contributed by atoms with Crippen molar-refractivity contribution in [2.75, 3.05) is 0 Å². The third-order valence-corrected chi connectivity index (χ3v) is 6.26. The van der Waals surface area contributed by atoms with Crippen LogP contribution in [-0.2, 0) is 13.6 Å². The van der Waals surface area contributed by atoms with Crippen LogP contribution in [0.1, 0.15) is 46.0 Å². The first-order valence-corrected chi connectivity index (χ1v) is 17.5. The molecular weight excluding hydrogens is 474 g/mol. The average Bonchev–Trinajstić information content (AvgIpc) is 2.71. The first-order valence-electron chi connectivity index (χ1n) is 9.85. The van der Waals surface area contributed by atoms with Crippen molar-refractivity contribution >= 4 is 52.3 Å². The van der Waals surface area contributed by atoms with Gasteiger partial charge in [-0.1, -0.05) is 114 Å². The van der Waals surface area contributed by atoms with Gasteiger partial charge in [-0.15, -0.1) is 0 Å². The van der Waals surface area contributed by atoms with E-state index in [2.05, 4.69) is 86.6 Å². The summed E-state index contributed by atoms with van der Waals surface area (Å²) in [7, 11) is 10.3. The summed E-state index contributed by atoms with van der Waals surface area (Å²) < 4.78 is 16.9. The van der Waals surface area contributed by atoms with E-state index in [-0.39, 0.29) is 18.3 Å². The molecule has 166 valence electrons. The van der Waals surface area contributed by atoms with Crippen molar-refractivity contribution in [2.24, 2.45) is 0 Å². The van der Waals surface area contributed by atoms with Gasteiger partial charge in [0.25, 0.3) is 0 Å². The molecule has 0 aliphatic heterocycles. The topological polar surface area (TPSA) is 27.7 Å². The van der Waals surface area contributed by atoms with Crippen LogP contribution in [0.3, 0.4) is 0 Å². The molecule has 29 heavy (non-hydrogen) atoms. The number of allylic oxidation sites excluding steroid dienone is 6. The molecule has 0 heterocycles. The molecule has 0 spiro atoms. The van der Waals surface area contributed by atoms with Crippen LogP contribution >= 0.6 is 52.3 Å². The maximum Gasteiger partial charge on any atom is 0.0836 e. The lowest BCUT2D eigenvalue weighted by Crippen LogP contribution is -2.02. The maximum absolute atomic E-state index is 5.80. The lowest BCUT2D eigenvalue weighted by atomic mass is 10.1. The molecule has 8 unspecified atom stereocenters. The summed E-state index contributed by atoms with van der Waals surface area (Å²) in [6, 6.07) is 0. The fourth-order valence-corrected chi connectivity index (χ4v) is 4.83. The highest BCUT2D eigenvalue weighted by atomic mass is 32.4. The smallest absolute Gasteiger partial charge is 0.0836 e. The van der Waals surface area contributed by atoms with E-state index in [1.165, 1.54) is 12.8 Å². The minimum Gasteiger partial charge on any atom is -0.358 e. The Morgan fingerprint density at radius 1 is 0.897 bits per heavy atom. The second-order valence-electron chi connectivity index (χ2n) is 6.21. The van der Waals surface area contributed by atoms with Crippen LogP contribution in [0, 0.1) is 0 Å². The molecule has 0 bridgehead atoms. The lowest BCUT2D eigenvalue weighted by molar-refractivity contribution is 0.276. The molecule has 0 saturated carbocycles. The van der Waals surface area contributed by atoms with Crippen molar-refractivity contribution in [3.05, 3.63) is 60.8 Å². The Balaban J connectivity index is 4.45. The third kappa shape index (κ3) is 19.6.